The Balaban J connectivity index is 3.08. The number of nitro groups is 1. The topological polar surface area (TPSA) is 61.0 Å². The molecule has 9 heavy (non-hydrogen) atoms. The van der Waals surface area contributed by atoms with E-state index in [0.717, 1.165) is 4.68 Å². The minimum Gasteiger partial charge on any atom is -0.234 e. The largest absolute Gasteiger partial charge is 0.242 e. The molecule has 1 aromatic rings. The van der Waals surface area contributed by atoms with Crippen molar-refractivity contribution in [1.82, 2.24) is 9.66 Å². The molecule has 0 N–H and O–H groups in total. The van der Waals surface area contributed by atoms with Crippen LogP contribution in [0.1, 0.15) is 0 Å². The SMILES string of the molecule is O=[N+]([O-])n1ccnc1Br. The number of aromatic nitrogens is 2. The molecule has 0 aliphatic carbocycles. The molecular formula is C3H2BrN3O2. The average Bonchev–Trinajstić information content (AvgIpc) is 2.13. The molecule has 0 aromatic carbocycles. The normalized spacial score (nSPS) is 9.44. The number of halogens is 1. The third-order valence-electron chi connectivity index (χ3n) is 0.754. The molecule has 0 radical (unpaired) electrons. The predicted molar refractivity (Wildman–Crippen MR) is 32.3 cm³/mol. The summed E-state index contributed by atoms with van der Waals surface area (Å²) in [6.45, 7) is 0. The first-order valence-corrected chi connectivity index (χ1v) is 2.84. The van der Waals surface area contributed by atoms with Gasteiger partial charge in [-0.2, -0.15) is 0 Å². The van der Waals surface area contributed by atoms with Crippen molar-refractivity contribution >= 4 is 15.9 Å². The lowest BCUT2D eigenvalue weighted by molar-refractivity contribution is -0.544. The lowest BCUT2D eigenvalue weighted by Gasteiger charge is -1.86. The maximum absolute atomic E-state index is 9.98. The first kappa shape index (κ1) is 6.21. The van der Waals surface area contributed by atoms with Crippen LogP contribution in [0.3, 0.4) is 0 Å². The van der Waals surface area contributed by atoms with Crippen LogP contribution >= 0.6 is 15.9 Å². The first-order chi connectivity index (χ1) is 4.22. The van der Waals surface area contributed by atoms with Gasteiger partial charge in [0.1, 0.15) is 0 Å². The van der Waals surface area contributed by atoms with Gasteiger partial charge in [-0.1, -0.05) is 0 Å². The van der Waals surface area contributed by atoms with E-state index in [4.69, 9.17) is 0 Å². The highest BCUT2D eigenvalue weighted by molar-refractivity contribution is 9.10. The van der Waals surface area contributed by atoms with Gasteiger partial charge in [0.25, 0.3) is 0 Å². The fraction of sp³-hybridized carbons (Fsp3) is 0. The molecule has 0 saturated carbocycles. The quantitative estimate of drug-likeness (QED) is 0.485. The second-order valence-corrected chi connectivity index (χ2v) is 1.99. The van der Waals surface area contributed by atoms with E-state index in [1.807, 2.05) is 0 Å². The number of rotatable bonds is 1. The summed E-state index contributed by atoms with van der Waals surface area (Å²) in [5.41, 5.74) is 0. The van der Waals surface area contributed by atoms with E-state index in [1.165, 1.54) is 12.4 Å². The molecule has 1 aromatic heterocycles. The van der Waals surface area contributed by atoms with Gasteiger partial charge in [0.05, 0.1) is 12.4 Å². The maximum atomic E-state index is 9.98. The second-order valence-electron chi connectivity index (χ2n) is 1.28. The zero-order chi connectivity index (χ0) is 6.85. The number of imidazole rings is 1. The highest BCUT2D eigenvalue weighted by atomic mass is 79.9. The lowest BCUT2D eigenvalue weighted by Crippen LogP contribution is -2.06. The van der Waals surface area contributed by atoms with Gasteiger partial charge in [0.2, 0.25) is 4.73 Å². The third kappa shape index (κ3) is 1.07. The van der Waals surface area contributed by atoms with Crippen molar-refractivity contribution in [1.29, 1.82) is 0 Å². The summed E-state index contributed by atoms with van der Waals surface area (Å²) in [7, 11) is 0. The standard InChI is InChI=1S/C3H2BrN3O2/c4-3-5-1-2-6(3)7(8)9/h1-2H. The van der Waals surface area contributed by atoms with Crippen LogP contribution in [0.5, 0.6) is 0 Å². The van der Waals surface area contributed by atoms with Crippen LogP contribution in [0.4, 0.5) is 0 Å². The molecule has 1 heterocycles. The van der Waals surface area contributed by atoms with Crippen molar-refractivity contribution in [2.75, 3.05) is 0 Å². The Kier molecular flexibility index (Phi) is 1.48. The molecule has 6 heteroatoms. The Labute approximate surface area is 58.6 Å². The van der Waals surface area contributed by atoms with Gasteiger partial charge in [-0.3, -0.25) is 0 Å². The van der Waals surface area contributed by atoms with Crippen LogP contribution in [0, 0.1) is 10.1 Å². The summed E-state index contributed by atoms with van der Waals surface area (Å²) in [4.78, 5) is 13.6. The van der Waals surface area contributed by atoms with E-state index >= 15 is 0 Å². The van der Waals surface area contributed by atoms with Crippen molar-refractivity contribution in [2.24, 2.45) is 0 Å². The molecule has 0 bridgehead atoms. The predicted octanol–water partition coefficient (Wildman–Crippen LogP) is 0.685. The average molecular weight is 192 g/mol. The zero-order valence-corrected chi connectivity index (χ0v) is 5.78. The number of hydrogen-bond acceptors (Lipinski definition) is 3. The highest BCUT2D eigenvalue weighted by Gasteiger charge is 2.05. The zero-order valence-electron chi connectivity index (χ0n) is 4.19. The molecule has 0 aliphatic rings. The first-order valence-electron chi connectivity index (χ1n) is 2.05. The minimum atomic E-state index is -0.572. The van der Waals surface area contributed by atoms with E-state index in [-0.39, 0.29) is 4.73 Å². The van der Waals surface area contributed by atoms with E-state index in [0.29, 0.717) is 0 Å². The van der Waals surface area contributed by atoms with Crippen molar-refractivity contribution in [3.63, 3.8) is 0 Å². The van der Waals surface area contributed by atoms with Crippen molar-refractivity contribution in [2.45, 2.75) is 0 Å². The summed E-state index contributed by atoms with van der Waals surface area (Å²) < 4.78 is 0.979. The van der Waals surface area contributed by atoms with Gasteiger partial charge >= 0.3 is 0 Å². The minimum absolute atomic E-state index is 0.201. The Morgan fingerprint density at radius 2 is 2.56 bits per heavy atom. The number of nitrogens with zero attached hydrogens (tertiary/aromatic N) is 3. The second kappa shape index (κ2) is 2.14. The van der Waals surface area contributed by atoms with Gasteiger partial charge in [0, 0.05) is 0 Å². The fourth-order valence-electron chi connectivity index (χ4n) is 0.400. The van der Waals surface area contributed by atoms with Crippen LogP contribution in [-0.2, 0) is 0 Å². The molecule has 48 valence electrons. The lowest BCUT2D eigenvalue weighted by atomic mass is 11.0. The monoisotopic (exact) mass is 191 g/mol. The van der Waals surface area contributed by atoms with Crippen LogP contribution < -0.4 is 0 Å². The smallest absolute Gasteiger partial charge is 0.234 e. The fourth-order valence-corrected chi connectivity index (χ4v) is 0.766. The van der Waals surface area contributed by atoms with Crippen molar-refractivity contribution in [3.05, 3.63) is 27.2 Å². The Morgan fingerprint density at radius 3 is 2.78 bits per heavy atom. The van der Waals surface area contributed by atoms with Gasteiger partial charge < -0.3 is 0 Å². The molecule has 0 aliphatic heterocycles. The molecule has 5 nitrogen and oxygen atoms in total. The van der Waals surface area contributed by atoms with Crippen LogP contribution in [-0.4, -0.2) is 14.7 Å². The molecule has 0 atom stereocenters. The molecule has 0 spiro atoms. The summed E-state index contributed by atoms with van der Waals surface area (Å²) in [6.07, 6.45) is 2.59. The Bertz CT molecular complexity index is 233. The van der Waals surface area contributed by atoms with E-state index in [1.54, 1.807) is 0 Å². The number of hydrogen-bond donors (Lipinski definition) is 0. The summed E-state index contributed by atoms with van der Waals surface area (Å²) in [5.74, 6) is 0. The Morgan fingerprint density at radius 1 is 1.89 bits per heavy atom. The van der Waals surface area contributed by atoms with Gasteiger partial charge in [0.15, 0.2) is 5.03 Å². The van der Waals surface area contributed by atoms with Crippen LogP contribution in [0.2, 0.25) is 0 Å². The summed E-state index contributed by atoms with van der Waals surface area (Å²) in [5, 5.41) is 9.41. The molecule has 1 rings (SSSR count). The molecule has 0 saturated heterocycles. The van der Waals surface area contributed by atoms with Gasteiger partial charge in [-0.25, -0.2) is 15.1 Å². The molecule has 0 fully saturated rings. The highest BCUT2D eigenvalue weighted by Crippen LogP contribution is 2.03. The van der Waals surface area contributed by atoms with Crippen LogP contribution in [0.25, 0.3) is 0 Å². The Hall–Kier alpha value is -0.910. The maximum Gasteiger partial charge on any atom is 0.242 e. The summed E-state index contributed by atoms with van der Waals surface area (Å²) >= 11 is 2.88. The molecule has 0 unspecified atom stereocenters. The third-order valence-corrected chi connectivity index (χ3v) is 1.32. The van der Waals surface area contributed by atoms with Crippen LogP contribution in [0.15, 0.2) is 17.1 Å². The summed E-state index contributed by atoms with van der Waals surface area (Å²) in [6, 6.07) is 0. The van der Waals surface area contributed by atoms with E-state index < -0.39 is 5.03 Å². The van der Waals surface area contributed by atoms with Crippen molar-refractivity contribution < 1.29 is 5.03 Å². The van der Waals surface area contributed by atoms with Crippen molar-refractivity contribution in [3.8, 4) is 0 Å². The molecular weight excluding hydrogens is 190 g/mol. The molecule has 0 amide bonds. The van der Waals surface area contributed by atoms with E-state index in [2.05, 4.69) is 20.9 Å². The van der Waals surface area contributed by atoms with Gasteiger partial charge in [-0.15, -0.1) is 0 Å². The van der Waals surface area contributed by atoms with E-state index in [9.17, 15) is 10.1 Å². The van der Waals surface area contributed by atoms with Gasteiger partial charge in [-0.05, 0) is 20.6 Å².